The molecule has 104 valence electrons. The summed E-state index contributed by atoms with van der Waals surface area (Å²) in [4.78, 5) is 11.8. The summed E-state index contributed by atoms with van der Waals surface area (Å²) in [6, 6.07) is 3.37. The van der Waals surface area contributed by atoms with Gasteiger partial charge in [-0.15, -0.1) is 0 Å². The number of piperidine rings is 1. The third-order valence-electron chi connectivity index (χ3n) is 3.34. The first-order chi connectivity index (χ1) is 9.16. The molecule has 0 spiro atoms. The van der Waals surface area contributed by atoms with Crippen molar-refractivity contribution in [1.82, 2.24) is 10.6 Å². The van der Waals surface area contributed by atoms with Crippen LogP contribution in [0.5, 0.6) is 0 Å². The van der Waals surface area contributed by atoms with Crippen LogP contribution >= 0.6 is 0 Å². The monoisotopic (exact) mass is 268 g/mol. The third kappa shape index (κ3) is 3.99. The number of hydrogen-bond acceptors (Lipinski definition) is 2. The van der Waals surface area contributed by atoms with Crippen molar-refractivity contribution in [1.29, 1.82) is 0 Å². The van der Waals surface area contributed by atoms with Crippen molar-refractivity contribution in [3.63, 3.8) is 0 Å². The lowest BCUT2D eigenvalue weighted by Gasteiger charge is -2.22. The molecule has 19 heavy (non-hydrogen) atoms. The van der Waals surface area contributed by atoms with E-state index >= 15 is 0 Å². The van der Waals surface area contributed by atoms with Crippen molar-refractivity contribution < 1.29 is 13.6 Å². The maximum Gasteiger partial charge on any atom is 0.237 e. The summed E-state index contributed by atoms with van der Waals surface area (Å²) in [6.45, 7) is 1.23. The molecule has 0 aromatic heterocycles. The highest BCUT2D eigenvalue weighted by atomic mass is 19.1. The van der Waals surface area contributed by atoms with E-state index in [-0.39, 0.29) is 11.9 Å². The molecule has 1 unspecified atom stereocenters. The maximum absolute atomic E-state index is 13.4. The van der Waals surface area contributed by atoms with Gasteiger partial charge in [0.25, 0.3) is 0 Å². The molecule has 3 nitrogen and oxygen atoms in total. The van der Waals surface area contributed by atoms with Crippen LogP contribution < -0.4 is 10.6 Å². The van der Waals surface area contributed by atoms with Crippen LogP contribution in [0.3, 0.4) is 0 Å². The summed E-state index contributed by atoms with van der Waals surface area (Å²) in [6.07, 6.45) is 3.36. The van der Waals surface area contributed by atoms with Crippen molar-refractivity contribution in [2.45, 2.75) is 31.7 Å². The predicted octanol–water partition coefficient (Wildman–Crippen LogP) is 1.77. The Labute approximate surface area is 111 Å². The lowest BCUT2D eigenvalue weighted by Crippen LogP contribution is -2.47. The van der Waals surface area contributed by atoms with Crippen LogP contribution in [-0.2, 0) is 11.2 Å². The predicted molar refractivity (Wildman–Crippen MR) is 68.7 cm³/mol. The molecule has 0 saturated carbocycles. The fourth-order valence-electron chi connectivity index (χ4n) is 2.24. The minimum Gasteiger partial charge on any atom is -0.354 e. The van der Waals surface area contributed by atoms with Gasteiger partial charge in [0.15, 0.2) is 0 Å². The zero-order valence-corrected chi connectivity index (χ0v) is 10.7. The summed E-state index contributed by atoms with van der Waals surface area (Å²) in [5, 5.41) is 5.93. The highest BCUT2D eigenvalue weighted by Gasteiger charge is 2.19. The van der Waals surface area contributed by atoms with Crippen LogP contribution in [0.2, 0.25) is 0 Å². The van der Waals surface area contributed by atoms with Crippen molar-refractivity contribution in [3.8, 4) is 0 Å². The van der Waals surface area contributed by atoms with Crippen molar-refractivity contribution in [2.75, 3.05) is 13.1 Å². The zero-order chi connectivity index (χ0) is 13.7. The molecule has 1 aliphatic heterocycles. The number of benzene rings is 1. The average molecular weight is 268 g/mol. The summed E-state index contributed by atoms with van der Waals surface area (Å²) in [5.41, 5.74) is 0.415. The molecular formula is C14H18F2N2O. The van der Waals surface area contributed by atoms with Gasteiger partial charge in [-0.25, -0.2) is 8.78 Å². The molecule has 1 atom stereocenters. The molecule has 1 aromatic rings. The van der Waals surface area contributed by atoms with Gasteiger partial charge < -0.3 is 10.6 Å². The molecule has 1 heterocycles. The van der Waals surface area contributed by atoms with Crippen LogP contribution in [0, 0.1) is 11.6 Å². The van der Waals surface area contributed by atoms with E-state index < -0.39 is 11.6 Å². The largest absolute Gasteiger partial charge is 0.354 e. The van der Waals surface area contributed by atoms with Crippen molar-refractivity contribution >= 4 is 5.91 Å². The molecule has 2 N–H and O–H groups in total. The van der Waals surface area contributed by atoms with Gasteiger partial charge in [-0.05, 0) is 37.4 Å². The first kappa shape index (κ1) is 13.9. The molecule has 1 fully saturated rings. The second-order valence-electron chi connectivity index (χ2n) is 4.78. The number of halogens is 2. The van der Waals surface area contributed by atoms with Crippen LogP contribution in [0.25, 0.3) is 0 Å². The summed E-state index contributed by atoms with van der Waals surface area (Å²) >= 11 is 0. The molecule has 0 bridgehead atoms. The number of amides is 1. The van der Waals surface area contributed by atoms with Crippen LogP contribution in [-0.4, -0.2) is 25.0 Å². The molecule has 1 saturated heterocycles. The van der Waals surface area contributed by atoms with E-state index in [1.54, 1.807) is 0 Å². The Kier molecular flexibility index (Phi) is 4.85. The molecule has 0 aliphatic carbocycles. The van der Waals surface area contributed by atoms with Gasteiger partial charge in [0.2, 0.25) is 5.91 Å². The average Bonchev–Trinajstić information content (AvgIpc) is 2.42. The van der Waals surface area contributed by atoms with Gasteiger partial charge >= 0.3 is 0 Å². The Morgan fingerprint density at radius 2 is 2.21 bits per heavy atom. The lowest BCUT2D eigenvalue weighted by molar-refractivity contribution is -0.123. The number of hydrogen-bond donors (Lipinski definition) is 2. The standard InChI is InChI=1S/C14H18F2N2O/c15-11-5-4-10(12(16)9-11)6-8-18-14(19)13-3-1-2-7-17-13/h4-5,9,13,17H,1-3,6-8H2,(H,18,19). The summed E-state index contributed by atoms with van der Waals surface area (Å²) < 4.78 is 26.1. The van der Waals surface area contributed by atoms with E-state index in [0.29, 0.717) is 18.5 Å². The van der Waals surface area contributed by atoms with E-state index in [9.17, 15) is 13.6 Å². The fraction of sp³-hybridized carbons (Fsp3) is 0.500. The number of carbonyl (C=O) groups excluding carboxylic acids is 1. The highest BCUT2D eigenvalue weighted by Crippen LogP contribution is 2.10. The van der Waals surface area contributed by atoms with Gasteiger partial charge in [-0.2, -0.15) is 0 Å². The molecule has 0 radical (unpaired) electrons. The third-order valence-corrected chi connectivity index (χ3v) is 3.34. The zero-order valence-electron chi connectivity index (χ0n) is 10.7. The molecule has 1 aromatic carbocycles. The quantitative estimate of drug-likeness (QED) is 0.873. The van der Waals surface area contributed by atoms with Crippen LogP contribution in [0.4, 0.5) is 8.78 Å². The van der Waals surface area contributed by atoms with E-state index in [1.807, 2.05) is 0 Å². The first-order valence-corrected chi connectivity index (χ1v) is 6.62. The topological polar surface area (TPSA) is 41.1 Å². The van der Waals surface area contributed by atoms with E-state index in [2.05, 4.69) is 10.6 Å². The number of carbonyl (C=O) groups is 1. The fourth-order valence-corrected chi connectivity index (χ4v) is 2.24. The van der Waals surface area contributed by atoms with E-state index in [4.69, 9.17) is 0 Å². The Hall–Kier alpha value is -1.49. The highest BCUT2D eigenvalue weighted by molar-refractivity contribution is 5.81. The van der Waals surface area contributed by atoms with Gasteiger partial charge in [-0.3, -0.25) is 4.79 Å². The minimum absolute atomic E-state index is 0.0396. The van der Waals surface area contributed by atoms with Gasteiger partial charge in [-0.1, -0.05) is 12.5 Å². The Balaban J connectivity index is 1.78. The Morgan fingerprint density at radius 1 is 1.37 bits per heavy atom. The molecule has 5 heteroatoms. The van der Waals surface area contributed by atoms with E-state index in [1.165, 1.54) is 12.1 Å². The number of nitrogens with one attached hydrogen (secondary N) is 2. The number of rotatable bonds is 4. The molecular weight excluding hydrogens is 250 g/mol. The molecule has 2 rings (SSSR count). The molecule has 1 aliphatic rings. The maximum atomic E-state index is 13.4. The van der Waals surface area contributed by atoms with E-state index in [0.717, 1.165) is 31.9 Å². The Bertz CT molecular complexity index is 445. The normalized spacial score (nSPS) is 19.2. The molecule has 1 amide bonds. The van der Waals surface area contributed by atoms with Crippen LogP contribution in [0.15, 0.2) is 18.2 Å². The van der Waals surface area contributed by atoms with Gasteiger partial charge in [0.05, 0.1) is 6.04 Å². The lowest BCUT2D eigenvalue weighted by atomic mass is 10.0. The van der Waals surface area contributed by atoms with Crippen molar-refractivity contribution in [3.05, 3.63) is 35.4 Å². The SMILES string of the molecule is O=C(NCCc1ccc(F)cc1F)C1CCCCN1. The second kappa shape index (κ2) is 6.61. The van der Waals surface area contributed by atoms with Gasteiger partial charge in [0.1, 0.15) is 11.6 Å². The van der Waals surface area contributed by atoms with Gasteiger partial charge in [0, 0.05) is 12.6 Å². The smallest absolute Gasteiger partial charge is 0.237 e. The summed E-state index contributed by atoms with van der Waals surface area (Å²) in [7, 11) is 0. The summed E-state index contributed by atoms with van der Waals surface area (Å²) in [5.74, 6) is -1.19. The van der Waals surface area contributed by atoms with Crippen LogP contribution in [0.1, 0.15) is 24.8 Å². The van der Waals surface area contributed by atoms with Crippen molar-refractivity contribution in [2.24, 2.45) is 0 Å². The second-order valence-corrected chi connectivity index (χ2v) is 4.78. The first-order valence-electron chi connectivity index (χ1n) is 6.62. The Morgan fingerprint density at radius 3 is 2.89 bits per heavy atom. The minimum atomic E-state index is -0.586.